The van der Waals surface area contributed by atoms with Crippen molar-refractivity contribution in [1.82, 2.24) is 0 Å². The number of hydrogen-bond acceptors (Lipinski definition) is 0. The van der Waals surface area contributed by atoms with Crippen molar-refractivity contribution in [1.29, 1.82) is 0 Å². The van der Waals surface area contributed by atoms with Crippen molar-refractivity contribution in [2.45, 2.75) is 58.5 Å². The van der Waals surface area contributed by atoms with E-state index in [1.165, 1.54) is 5.57 Å². The van der Waals surface area contributed by atoms with Crippen LogP contribution in [0.1, 0.15) is 63.5 Å². The van der Waals surface area contributed by atoms with Gasteiger partial charge in [0.15, 0.2) is 0 Å². The Hall–Kier alpha value is -1.25. The van der Waals surface area contributed by atoms with Crippen molar-refractivity contribution in [3.8, 4) is 0 Å². The third kappa shape index (κ3) is 5.81. The summed E-state index contributed by atoms with van der Waals surface area (Å²) in [4.78, 5) is 0. The largest absolute Gasteiger partial charge is 0.416 e. The van der Waals surface area contributed by atoms with Gasteiger partial charge in [-0.1, -0.05) is 50.5 Å². The summed E-state index contributed by atoms with van der Waals surface area (Å²) in [7, 11) is 0. The summed E-state index contributed by atoms with van der Waals surface area (Å²) < 4.78 is 37.5. The predicted molar refractivity (Wildman–Crippen MR) is 78.5 cm³/mol. The van der Waals surface area contributed by atoms with Crippen LogP contribution in [0.5, 0.6) is 0 Å². The minimum absolute atomic E-state index is 0.585. The maximum atomic E-state index is 12.5. The fraction of sp³-hybridized carbons (Fsp3) is 0.529. The van der Waals surface area contributed by atoms with Crippen LogP contribution in [-0.4, -0.2) is 0 Å². The van der Waals surface area contributed by atoms with E-state index >= 15 is 0 Å². The Morgan fingerprint density at radius 1 is 0.950 bits per heavy atom. The number of allylic oxidation sites excluding steroid dienone is 1. The van der Waals surface area contributed by atoms with Gasteiger partial charge in [0.05, 0.1) is 5.56 Å². The average Bonchev–Trinajstić information content (AvgIpc) is 2.41. The van der Waals surface area contributed by atoms with Crippen molar-refractivity contribution < 1.29 is 13.2 Å². The maximum Gasteiger partial charge on any atom is 0.416 e. The van der Waals surface area contributed by atoms with E-state index in [2.05, 4.69) is 13.8 Å². The first-order chi connectivity index (χ1) is 9.47. The lowest BCUT2D eigenvalue weighted by Gasteiger charge is -2.08. The van der Waals surface area contributed by atoms with Crippen LogP contribution in [0.2, 0.25) is 0 Å². The second kappa shape index (κ2) is 8.13. The molecule has 0 aliphatic carbocycles. The summed E-state index contributed by atoms with van der Waals surface area (Å²) in [5, 5.41) is 0. The van der Waals surface area contributed by atoms with Crippen LogP contribution in [0, 0.1) is 0 Å². The van der Waals surface area contributed by atoms with Crippen molar-refractivity contribution >= 4 is 6.08 Å². The molecule has 0 saturated carbocycles. The van der Waals surface area contributed by atoms with E-state index in [9.17, 15) is 13.2 Å². The van der Waals surface area contributed by atoms with Gasteiger partial charge in [-0.15, -0.1) is 0 Å². The zero-order valence-electron chi connectivity index (χ0n) is 12.3. The van der Waals surface area contributed by atoms with Crippen LogP contribution in [0.15, 0.2) is 29.8 Å². The molecule has 112 valence electrons. The first-order valence-electron chi connectivity index (χ1n) is 7.34. The molecular weight excluding hydrogens is 261 g/mol. The van der Waals surface area contributed by atoms with Gasteiger partial charge in [0.1, 0.15) is 0 Å². The number of halogens is 3. The summed E-state index contributed by atoms with van der Waals surface area (Å²) in [6, 6.07) is 5.42. The molecule has 0 nitrogen and oxygen atoms in total. The number of rotatable bonds is 7. The standard InChI is InChI=1S/C17H23F3/c1-3-5-7-14(8-6-4-2)13-15-9-11-16(12-10-15)17(18,19)20/h9-13H,3-8H2,1-2H3. The van der Waals surface area contributed by atoms with Gasteiger partial charge in [-0.05, 0) is 43.4 Å². The van der Waals surface area contributed by atoms with Gasteiger partial charge in [-0.3, -0.25) is 0 Å². The highest BCUT2D eigenvalue weighted by Gasteiger charge is 2.29. The van der Waals surface area contributed by atoms with Crippen LogP contribution in [0.3, 0.4) is 0 Å². The lowest BCUT2D eigenvalue weighted by molar-refractivity contribution is -0.137. The lowest BCUT2D eigenvalue weighted by atomic mass is 9.99. The summed E-state index contributed by atoms with van der Waals surface area (Å²) >= 11 is 0. The summed E-state index contributed by atoms with van der Waals surface area (Å²) in [6.45, 7) is 4.30. The van der Waals surface area contributed by atoms with Crippen LogP contribution in [0.25, 0.3) is 6.08 Å². The van der Waals surface area contributed by atoms with Crippen molar-refractivity contribution in [2.24, 2.45) is 0 Å². The Morgan fingerprint density at radius 2 is 1.45 bits per heavy atom. The number of hydrogen-bond donors (Lipinski definition) is 0. The number of alkyl halides is 3. The molecule has 0 N–H and O–H groups in total. The van der Waals surface area contributed by atoms with Gasteiger partial charge >= 0.3 is 6.18 Å². The monoisotopic (exact) mass is 284 g/mol. The van der Waals surface area contributed by atoms with E-state index in [0.29, 0.717) is 0 Å². The smallest absolute Gasteiger partial charge is 0.166 e. The van der Waals surface area contributed by atoms with Crippen molar-refractivity contribution in [3.05, 3.63) is 41.0 Å². The fourth-order valence-corrected chi connectivity index (χ4v) is 2.08. The minimum Gasteiger partial charge on any atom is -0.166 e. The predicted octanol–water partition coefficient (Wildman–Crippen LogP) is 6.47. The Balaban J connectivity index is 2.81. The highest BCUT2D eigenvalue weighted by Crippen LogP contribution is 2.29. The molecule has 0 bridgehead atoms. The molecule has 0 saturated heterocycles. The van der Waals surface area contributed by atoms with Gasteiger partial charge < -0.3 is 0 Å². The Labute approximate surface area is 119 Å². The second-order valence-corrected chi connectivity index (χ2v) is 5.13. The summed E-state index contributed by atoms with van der Waals surface area (Å²) in [6.07, 6.45) is 4.41. The maximum absolute atomic E-state index is 12.5. The molecule has 0 fully saturated rings. The van der Waals surface area contributed by atoms with Crippen LogP contribution in [0.4, 0.5) is 13.2 Å². The van der Waals surface area contributed by atoms with Gasteiger partial charge in [-0.2, -0.15) is 13.2 Å². The van der Waals surface area contributed by atoms with E-state index in [4.69, 9.17) is 0 Å². The molecule has 1 aromatic carbocycles. The number of unbranched alkanes of at least 4 members (excludes halogenated alkanes) is 2. The Kier molecular flexibility index (Phi) is 6.83. The molecule has 1 rings (SSSR count). The topological polar surface area (TPSA) is 0 Å². The van der Waals surface area contributed by atoms with Crippen molar-refractivity contribution in [3.63, 3.8) is 0 Å². The van der Waals surface area contributed by atoms with Gasteiger partial charge in [-0.25, -0.2) is 0 Å². The van der Waals surface area contributed by atoms with Crippen LogP contribution < -0.4 is 0 Å². The molecule has 3 heteroatoms. The van der Waals surface area contributed by atoms with E-state index in [1.54, 1.807) is 12.1 Å². The van der Waals surface area contributed by atoms with E-state index in [-0.39, 0.29) is 0 Å². The zero-order chi connectivity index (χ0) is 15.0. The van der Waals surface area contributed by atoms with E-state index < -0.39 is 11.7 Å². The quantitative estimate of drug-likeness (QED) is 0.538. The van der Waals surface area contributed by atoms with E-state index in [1.807, 2.05) is 6.08 Å². The van der Waals surface area contributed by atoms with E-state index in [0.717, 1.165) is 56.2 Å². The number of benzene rings is 1. The lowest BCUT2D eigenvalue weighted by Crippen LogP contribution is -2.04. The first kappa shape index (κ1) is 16.8. The molecule has 20 heavy (non-hydrogen) atoms. The molecule has 0 aliphatic rings. The molecule has 1 aromatic rings. The third-order valence-electron chi connectivity index (χ3n) is 3.31. The molecule has 0 heterocycles. The highest BCUT2D eigenvalue weighted by atomic mass is 19.4. The highest BCUT2D eigenvalue weighted by molar-refractivity contribution is 5.53. The van der Waals surface area contributed by atoms with Crippen LogP contribution in [-0.2, 0) is 6.18 Å². The SMILES string of the molecule is CCCCC(=Cc1ccc(C(F)(F)F)cc1)CCCC. The van der Waals surface area contributed by atoms with Gasteiger partial charge in [0.25, 0.3) is 0 Å². The molecule has 0 radical (unpaired) electrons. The molecule has 0 aromatic heterocycles. The van der Waals surface area contributed by atoms with Crippen LogP contribution >= 0.6 is 0 Å². The molecular formula is C17H23F3. The van der Waals surface area contributed by atoms with Gasteiger partial charge in [0, 0.05) is 0 Å². The van der Waals surface area contributed by atoms with Gasteiger partial charge in [0.2, 0.25) is 0 Å². The Morgan fingerprint density at radius 3 is 1.85 bits per heavy atom. The summed E-state index contributed by atoms with van der Waals surface area (Å²) in [5.74, 6) is 0. The average molecular weight is 284 g/mol. The third-order valence-corrected chi connectivity index (χ3v) is 3.31. The zero-order valence-corrected chi connectivity index (χ0v) is 12.3. The molecule has 0 atom stereocenters. The second-order valence-electron chi connectivity index (χ2n) is 5.13. The molecule has 0 amide bonds. The molecule has 0 spiro atoms. The molecule has 0 unspecified atom stereocenters. The normalized spacial score (nSPS) is 11.4. The fourth-order valence-electron chi connectivity index (χ4n) is 2.08. The summed E-state index contributed by atoms with van der Waals surface area (Å²) in [5.41, 5.74) is 1.62. The Bertz CT molecular complexity index is 403. The minimum atomic E-state index is -4.25. The first-order valence-corrected chi connectivity index (χ1v) is 7.34. The van der Waals surface area contributed by atoms with Crippen molar-refractivity contribution in [2.75, 3.05) is 0 Å². The molecule has 0 aliphatic heterocycles.